The molecule has 312 valence electrons. The first kappa shape index (κ1) is 49.7. The standard InChI is InChI=1S/C45H90O7/c46-35-42-33-31-29-27-25-23-21-19-17-15-13-11-9-7-5-3-1-2-4-6-8-10-12-14-16-18-20-22-24-26-28-30-32-34-43(36-47,37-48)45(40-51,41-52)44(42,38-49)39-50/h42,46-52H,1-41H2. The molecular weight excluding hydrogens is 652 g/mol. The molecule has 0 radical (unpaired) electrons. The summed E-state index contributed by atoms with van der Waals surface area (Å²) in [6.07, 6.45) is 41.3. The zero-order chi connectivity index (χ0) is 38.1. The molecule has 0 amide bonds. The third kappa shape index (κ3) is 17.7. The van der Waals surface area contributed by atoms with E-state index < -0.39 is 61.8 Å². The molecule has 1 rings (SSSR count). The van der Waals surface area contributed by atoms with E-state index in [4.69, 9.17) is 0 Å². The zero-order valence-electron chi connectivity index (χ0n) is 34.2. The fourth-order valence-electron chi connectivity index (χ4n) is 9.68. The number of hydrogen-bond acceptors (Lipinski definition) is 7. The molecule has 0 aromatic heterocycles. The molecule has 0 aromatic rings. The van der Waals surface area contributed by atoms with Gasteiger partial charge in [0.25, 0.3) is 0 Å². The van der Waals surface area contributed by atoms with Crippen LogP contribution in [0.3, 0.4) is 0 Å². The predicted molar refractivity (Wildman–Crippen MR) is 217 cm³/mol. The van der Waals surface area contributed by atoms with Crippen LogP contribution in [0, 0.1) is 22.2 Å². The first-order valence-electron chi connectivity index (χ1n) is 22.8. The molecule has 0 bridgehead atoms. The first-order valence-corrected chi connectivity index (χ1v) is 22.8. The number of hydrogen-bond donors (Lipinski definition) is 7. The van der Waals surface area contributed by atoms with Crippen molar-refractivity contribution in [1.82, 2.24) is 0 Å². The van der Waals surface area contributed by atoms with Crippen molar-refractivity contribution >= 4 is 0 Å². The van der Waals surface area contributed by atoms with Crippen LogP contribution >= 0.6 is 0 Å². The Hall–Kier alpha value is -0.280. The van der Waals surface area contributed by atoms with Gasteiger partial charge in [-0.2, -0.15) is 0 Å². The molecule has 1 aliphatic rings. The lowest BCUT2D eigenvalue weighted by atomic mass is 9.46. The lowest BCUT2D eigenvalue weighted by Gasteiger charge is -2.59. The molecule has 0 saturated heterocycles. The van der Waals surface area contributed by atoms with E-state index in [1.807, 2.05) is 0 Å². The van der Waals surface area contributed by atoms with E-state index in [9.17, 15) is 35.7 Å². The minimum Gasteiger partial charge on any atom is -0.396 e. The molecule has 0 aromatic carbocycles. The Morgan fingerprint density at radius 1 is 0.288 bits per heavy atom. The van der Waals surface area contributed by atoms with Gasteiger partial charge < -0.3 is 35.7 Å². The average Bonchev–Trinajstić information content (AvgIpc) is 3.17. The zero-order valence-corrected chi connectivity index (χ0v) is 34.2. The van der Waals surface area contributed by atoms with E-state index in [1.54, 1.807) is 0 Å². The summed E-state index contributed by atoms with van der Waals surface area (Å²) in [4.78, 5) is 0. The van der Waals surface area contributed by atoms with E-state index in [1.165, 1.54) is 161 Å². The Labute approximate surface area is 321 Å². The summed E-state index contributed by atoms with van der Waals surface area (Å²) in [5.41, 5.74) is -4.40. The number of aliphatic hydroxyl groups excluding tert-OH is 7. The normalized spacial score (nSPS) is 25.3. The van der Waals surface area contributed by atoms with Crippen LogP contribution in [-0.2, 0) is 0 Å². The molecule has 1 fully saturated rings. The Balaban J connectivity index is 2.78. The Morgan fingerprint density at radius 3 is 0.750 bits per heavy atom. The number of rotatable bonds is 7. The molecule has 0 spiro atoms. The summed E-state index contributed by atoms with van der Waals surface area (Å²) in [5, 5.41) is 76.0. The van der Waals surface area contributed by atoms with Crippen LogP contribution in [0.2, 0.25) is 0 Å². The quantitative estimate of drug-likeness (QED) is 0.138. The van der Waals surface area contributed by atoms with Gasteiger partial charge in [0.15, 0.2) is 0 Å². The van der Waals surface area contributed by atoms with Gasteiger partial charge in [-0.3, -0.25) is 0 Å². The van der Waals surface area contributed by atoms with Gasteiger partial charge in [0.1, 0.15) is 0 Å². The minimum atomic E-state index is -1.59. The molecule has 0 aliphatic heterocycles. The van der Waals surface area contributed by atoms with Crippen LogP contribution in [0.5, 0.6) is 0 Å². The van der Waals surface area contributed by atoms with Crippen molar-refractivity contribution in [2.45, 2.75) is 218 Å². The van der Waals surface area contributed by atoms with Crippen LogP contribution < -0.4 is 0 Å². The predicted octanol–water partition coefficient (Wildman–Crippen LogP) is 9.78. The van der Waals surface area contributed by atoms with Gasteiger partial charge >= 0.3 is 0 Å². The Kier molecular flexibility index (Phi) is 31.5. The van der Waals surface area contributed by atoms with Gasteiger partial charge in [-0.25, -0.2) is 0 Å². The van der Waals surface area contributed by atoms with Gasteiger partial charge in [0.2, 0.25) is 0 Å². The van der Waals surface area contributed by atoms with Crippen molar-refractivity contribution in [2.75, 3.05) is 46.2 Å². The van der Waals surface area contributed by atoms with Crippen LogP contribution in [0.1, 0.15) is 218 Å². The highest BCUT2D eigenvalue weighted by molar-refractivity contribution is 5.10. The van der Waals surface area contributed by atoms with Gasteiger partial charge in [0, 0.05) is 22.9 Å². The van der Waals surface area contributed by atoms with Crippen molar-refractivity contribution in [3.63, 3.8) is 0 Å². The average molecular weight is 743 g/mol. The van der Waals surface area contributed by atoms with Crippen LogP contribution in [0.4, 0.5) is 0 Å². The van der Waals surface area contributed by atoms with Crippen LogP contribution in [0.15, 0.2) is 0 Å². The van der Waals surface area contributed by atoms with Gasteiger partial charge in [-0.05, 0) is 18.8 Å². The SMILES string of the molecule is OCC1CCCCCCCCCCCCCCCCCCCCCCCCCCCCCCCCCCC(CO)(CO)C(CO)(CO)C1(CO)CO. The van der Waals surface area contributed by atoms with Crippen molar-refractivity contribution < 1.29 is 35.7 Å². The topological polar surface area (TPSA) is 142 Å². The summed E-state index contributed by atoms with van der Waals surface area (Å²) in [6.45, 7) is -3.70. The van der Waals surface area contributed by atoms with Gasteiger partial charge in [0.05, 0.1) is 39.6 Å². The molecule has 7 nitrogen and oxygen atoms in total. The highest BCUT2D eigenvalue weighted by Gasteiger charge is 2.63. The maximum Gasteiger partial charge on any atom is 0.0523 e. The Bertz CT molecular complexity index is 750. The largest absolute Gasteiger partial charge is 0.396 e. The van der Waals surface area contributed by atoms with Gasteiger partial charge in [-0.15, -0.1) is 0 Å². The molecule has 1 saturated carbocycles. The summed E-state index contributed by atoms with van der Waals surface area (Å²) < 4.78 is 0. The van der Waals surface area contributed by atoms with Crippen molar-refractivity contribution in [3.8, 4) is 0 Å². The maximum atomic E-state index is 11.0. The van der Waals surface area contributed by atoms with E-state index in [-0.39, 0.29) is 6.61 Å². The van der Waals surface area contributed by atoms with E-state index in [0.29, 0.717) is 19.3 Å². The van der Waals surface area contributed by atoms with Crippen molar-refractivity contribution in [3.05, 3.63) is 0 Å². The summed E-state index contributed by atoms with van der Waals surface area (Å²) in [5.74, 6) is -0.606. The highest BCUT2D eigenvalue weighted by atomic mass is 16.3. The van der Waals surface area contributed by atoms with Crippen molar-refractivity contribution in [1.29, 1.82) is 0 Å². The fourth-order valence-corrected chi connectivity index (χ4v) is 9.68. The van der Waals surface area contributed by atoms with E-state index in [0.717, 1.165) is 38.5 Å². The second-order valence-electron chi connectivity index (χ2n) is 17.2. The molecule has 1 aliphatic carbocycles. The second-order valence-corrected chi connectivity index (χ2v) is 17.2. The highest BCUT2D eigenvalue weighted by Crippen LogP contribution is 2.57. The smallest absolute Gasteiger partial charge is 0.0523 e. The molecule has 52 heavy (non-hydrogen) atoms. The van der Waals surface area contributed by atoms with E-state index >= 15 is 0 Å². The molecule has 1 atom stereocenters. The monoisotopic (exact) mass is 743 g/mol. The molecule has 7 N–H and O–H groups in total. The summed E-state index contributed by atoms with van der Waals surface area (Å²) in [7, 11) is 0. The molecular formula is C45H90O7. The van der Waals surface area contributed by atoms with Gasteiger partial charge in [-0.1, -0.05) is 205 Å². The minimum absolute atomic E-state index is 0.324. The van der Waals surface area contributed by atoms with Crippen LogP contribution in [-0.4, -0.2) is 82.0 Å². The molecule has 0 heterocycles. The third-order valence-corrected chi connectivity index (χ3v) is 13.6. The van der Waals surface area contributed by atoms with Crippen LogP contribution in [0.25, 0.3) is 0 Å². The second kappa shape index (κ2) is 32.9. The summed E-state index contributed by atoms with van der Waals surface area (Å²) >= 11 is 0. The van der Waals surface area contributed by atoms with Crippen molar-refractivity contribution in [2.24, 2.45) is 22.2 Å². The summed E-state index contributed by atoms with van der Waals surface area (Å²) in [6, 6.07) is 0. The third-order valence-electron chi connectivity index (χ3n) is 13.6. The molecule has 1 unspecified atom stereocenters. The lowest BCUT2D eigenvalue weighted by molar-refractivity contribution is -0.234. The van der Waals surface area contributed by atoms with E-state index in [2.05, 4.69) is 0 Å². The fraction of sp³-hybridized carbons (Fsp3) is 1.00. The number of aliphatic hydroxyl groups is 7. The maximum absolute atomic E-state index is 11.0. The Morgan fingerprint density at radius 2 is 0.538 bits per heavy atom. The lowest BCUT2D eigenvalue weighted by Crippen LogP contribution is -2.66. The first-order chi connectivity index (χ1) is 25.5. The molecule has 7 heteroatoms.